The summed E-state index contributed by atoms with van der Waals surface area (Å²) < 4.78 is 16.7. The summed E-state index contributed by atoms with van der Waals surface area (Å²) in [5, 5.41) is 11.7. The van der Waals surface area contributed by atoms with Crippen LogP contribution >= 0.6 is 0 Å². The Morgan fingerprint density at radius 1 is 0.862 bits per heavy atom. The number of nitrogens with zero attached hydrogens (tertiary/aromatic N) is 1. The maximum Gasteiger partial charge on any atom is 0.203 e. The molecule has 1 N–H and O–H groups in total. The van der Waals surface area contributed by atoms with Crippen molar-refractivity contribution in [2.75, 3.05) is 27.9 Å². The van der Waals surface area contributed by atoms with Gasteiger partial charge in [-0.25, -0.2) is 0 Å². The van der Waals surface area contributed by atoms with Crippen molar-refractivity contribution < 1.29 is 19.3 Å². The molecule has 1 aliphatic rings. The minimum atomic E-state index is 0.0720. The number of aliphatic hydroxyl groups excluding tert-OH is 1. The van der Waals surface area contributed by atoms with Gasteiger partial charge in [-0.2, -0.15) is 0 Å². The van der Waals surface area contributed by atoms with Crippen LogP contribution in [0.1, 0.15) is 22.3 Å². The predicted octanol–water partition coefficient (Wildman–Crippen LogP) is 3.92. The molecule has 1 heterocycles. The Balaban J connectivity index is 1.58. The molecule has 0 saturated carbocycles. The van der Waals surface area contributed by atoms with E-state index in [2.05, 4.69) is 35.2 Å². The van der Waals surface area contributed by atoms with Gasteiger partial charge in [0.1, 0.15) is 0 Å². The third-order valence-electron chi connectivity index (χ3n) is 5.66. The first-order valence-electron chi connectivity index (χ1n) is 9.82. The van der Waals surface area contributed by atoms with Crippen molar-refractivity contribution >= 4 is 10.8 Å². The number of hydrogen-bond acceptors (Lipinski definition) is 5. The predicted molar refractivity (Wildman–Crippen MR) is 114 cm³/mol. The van der Waals surface area contributed by atoms with Crippen LogP contribution in [-0.2, 0) is 26.1 Å². The van der Waals surface area contributed by atoms with Crippen molar-refractivity contribution in [3.05, 3.63) is 64.7 Å². The molecule has 0 fully saturated rings. The van der Waals surface area contributed by atoms with E-state index in [1.54, 1.807) is 21.3 Å². The minimum Gasteiger partial charge on any atom is -0.493 e. The summed E-state index contributed by atoms with van der Waals surface area (Å²) in [5.74, 6) is 2.15. The fourth-order valence-electron chi connectivity index (χ4n) is 4.21. The topological polar surface area (TPSA) is 51.2 Å². The number of aliphatic hydroxyl groups is 1. The van der Waals surface area contributed by atoms with Crippen LogP contribution in [0.2, 0.25) is 0 Å². The Labute approximate surface area is 171 Å². The molecule has 3 aromatic carbocycles. The molecule has 1 aliphatic heterocycles. The second-order valence-electron chi connectivity index (χ2n) is 7.42. The van der Waals surface area contributed by atoms with E-state index in [0.717, 1.165) is 42.8 Å². The molecule has 0 aromatic heterocycles. The van der Waals surface area contributed by atoms with Gasteiger partial charge in [-0.05, 0) is 52.1 Å². The largest absolute Gasteiger partial charge is 0.493 e. The number of benzene rings is 3. The molecule has 0 bridgehead atoms. The van der Waals surface area contributed by atoms with Crippen LogP contribution in [0.25, 0.3) is 10.8 Å². The molecule has 0 amide bonds. The smallest absolute Gasteiger partial charge is 0.203 e. The lowest BCUT2D eigenvalue weighted by Gasteiger charge is -2.31. The van der Waals surface area contributed by atoms with Gasteiger partial charge in [0.25, 0.3) is 0 Å². The van der Waals surface area contributed by atoms with Gasteiger partial charge in [-0.15, -0.1) is 0 Å². The molecule has 0 atom stereocenters. The highest BCUT2D eigenvalue weighted by molar-refractivity contribution is 5.83. The molecule has 3 aromatic rings. The van der Waals surface area contributed by atoms with Gasteiger partial charge in [0.15, 0.2) is 11.5 Å². The average Bonchev–Trinajstić information content (AvgIpc) is 2.77. The summed E-state index contributed by atoms with van der Waals surface area (Å²) in [7, 11) is 4.98. The Morgan fingerprint density at radius 2 is 1.55 bits per heavy atom. The lowest BCUT2D eigenvalue weighted by molar-refractivity contribution is 0.239. The van der Waals surface area contributed by atoms with Gasteiger partial charge in [0, 0.05) is 25.2 Å². The van der Waals surface area contributed by atoms with Crippen LogP contribution < -0.4 is 14.2 Å². The third kappa shape index (κ3) is 3.76. The van der Waals surface area contributed by atoms with Crippen molar-refractivity contribution in [3.63, 3.8) is 0 Å². The molecule has 0 unspecified atom stereocenters. The Kier molecular flexibility index (Phi) is 5.60. The Hall–Kier alpha value is -2.76. The quantitative estimate of drug-likeness (QED) is 0.688. The van der Waals surface area contributed by atoms with E-state index in [1.165, 1.54) is 22.1 Å². The Morgan fingerprint density at radius 3 is 2.21 bits per heavy atom. The summed E-state index contributed by atoms with van der Waals surface area (Å²) in [6.07, 6.45) is 0.909. The van der Waals surface area contributed by atoms with Crippen molar-refractivity contribution in [2.45, 2.75) is 26.1 Å². The van der Waals surface area contributed by atoms with Gasteiger partial charge in [-0.3, -0.25) is 4.90 Å². The summed E-state index contributed by atoms with van der Waals surface area (Å²) in [6.45, 7) is 2.75. The monoisotopic (exact) mass is 393 g/mol. The van der Waals surface area contributed by atoms with Crippen LogP contribution in [0.15, 0.2) is 42.5 Å². The van der Waals surface area contributed by atoms with Crippen molar-refractivity contribution in [2.24, 2.45) is 0 Å². The lowest BCUT2D eigenvalue weighted by atomic mass is 9.96. The average molecular weight is 393 g/mol. The maximum atomic E-state index is 9.32. The van der Waals surface area contributed by atoms with Gasteiger partial charge in [0.05, 0.1) is 27.9 Å². The van der Waals surface area contributed by atoms with Gasteiger partial charge < -0.3 is 19.3 Å². The second kappa shape index (κ2) is 8.31. The highest BCUT2D eigenvalue weighted by Gasteiger charge is 2.25. The van der Waals surface area contributed by atoms with E-state index in [1.807, 2.05) is 12.1 Å². The highest BCUT2D eigenvalue weighted by Crippen LogP contribution is 2.43. The molecular formula is C24H27NO4. The van der Waals surface area contributed by atoms with Crippen molar-refractivity contribution in [1.29, 1.82) is 0 Å². The van der Waals surface area contributed by atoms with E-state index in [9.17, 15) is 5.11 Å². The maximum absolute atomic E-state index is 9.32. The molecule has 0 saturated heterocycles. The molecular weight excluding hydrogens is 366 g/mol. The number of rotatable bonds is 6. The lowest BCUT2D eigenvalue weighted by Crippen LogP contribution is -2.30. The summed E-state index contributed by atoms with van der Waals surface area (Å²) in [6, 6.07) is 14.7. The summed E-state index contributed by atoms with van der Waals surface area (Å²) >= 11 is 0. The SMILES string of the molecule is COc1cc2c(c(OC)c1OC)CCN(Cc1ccc3cc(CO)ccc3c1)C2. The zero-order valence-corrected chi connectivity index (χ0v) is 17.2. The number of methoxy groups -OCH3 is 3. The molecule has 0 spiro atoms. The Bertz CT molecular complexity index is 1030. The van der Waals surface area contributed by atoms with Crippen molar-refractivity contribution in [3.8, 4) is 17.2 Å². The number of ether oxygens (including phenoxy) is 3. The highest BCUT2D eigenvalue weighted by atomic mass is 16.5. The molecule has 5 heteroatoms. The van der Waals surface area contributed by atoms with Gasteiger partial charge in [-0.1, -0.05) is 24.3 Å². The standard InChI is InChI=1S/C24H27NO4/c1-27-22-12-20-14-25(9-8-21(20)23(28-2)24(22)29-3)13-16-4-6-19-11-17(15-26)5-7-18(19)10-16/h4-7,10-12,26H,8-9,13-15H2,1-3H3. The van der Waals surface area contributed by atoms with E-state index < -0.39 is 0 Å². The van der Waals surface area contributed by atoms with Crippen LogP contribution in [0.5, 0.6) is 17.2 Å². The third-order valence-corrected chi connectivity index (χ3v) is 5.66. The normalized spacial score (nSPS) is 13.9. The first-order valence-corrected chi connectivity index (χ1v) is 9.82. The van der Waals surface area contributed by atoms with Gasteiger partial charge >= 0.3 is 0 Å². The van der Waals surface area contributed by atoms with Crippen LogP contribution in [0.4, 0.5) is 0 Å². The number of hydrogen-bond donors (Lipinski definition) is 1. The fraction of sp³-hybridized carbons (Fsp3) is 0.333. The van der Waals surface area contributed by atoms with E-state index in [0.29, 0.717) is 11.5 Å². The van der Waals surface area contributed by atoms with Crippen LogP contribution in [0, 0.1) is 0 Å². The van der Waals surface area contributed by atoms with Gasteiger partial charge in [0.2, 0.25) is 5.75 Å². The molecule has 29 heavy (non-hydrogen) atoms. The first kappa shape index (κ1) is 19.6. The molecule has 0 radical (unpaired) electrons. The molecule has 5 nitrogen and oxygen atoms in total. The fourth-order valence-corrected chi connectivity index (χ4v) is 4.21. The van der Waals surface area contributed by atoms with E-state index >= 15 is 0 Å². The minimum absolute atomic E-state index is 0.0720. The van der Waals surface area contributed by atoms with E-state index in [-0.39, 0.29) is 6.61 Å². The molecule has 0 aliphatic carbocycles. The van der Waals surface area contributed by atoms with Crippen LogP contribution in [-0.4, -0.2) is 37.9 Å². The molecule has 4 rings (SSSR count). The first-order chi connectivity index (χ1) is 14.2. The second-order valence-corrected chi connectivity index (χ2v) is 7.42. The summed E-state index contributed by atoms with van der Waals surface area (Å²) in [4.78, 5) is 2.44. The number of fused-ring (bicyclic) bond motifs is 2. The molecule has 152 valence electrons. The zero-order chi connectivity index (χ0) is 20.4. The zero-order valence-electron chi connectivity index (χ0n) is 17.2. The van der Waals surface area contributed by atoms with Crippen LogP contribution in [0.3, 0.4) is 0 Å². The van der Waals surface area contributed by atoms with E-state index in [4.69, 9.17) is 14.2 Å². The summed E-state index contributed by atoms with van der Waals surface area (Å²) in [5.41, 5.74) is 4.65. The van der Waals surface area contributed by atoms with Crippen molar-refractivity contribution in [1.82, 2.24) is 4.90 Å².